The Balaban J connectivity index is 2.32. The second-order valence-electron chi connectivity index (χ2n) is 8.12. The molecule has 0 fully saturated rings. The summed E-state index contributed by atoms with van der Waals surface area (Å²) >= 11 is 0. The van der Waals surface area contributed by atoms with Crippen molar-refractivity contribution in [2.45, 2.75) is 57.5 Å². The summed E-state index contributed by atoms with van der Waals surface area (Å²) in [5.74, 6) is -0.866. The first kappa shape index (κ1) is 24.7. The minimum Gasteiger partial charge on any atom is -0.512 e. The second-order valence-corrected chi connectivity index (χ2v) is 9.96. The average Bonchev–Trinajstić information content (AvgIpc) is 2.79. The Bertz CT molecular complexity index is 1150. The molecule has 33 heavy (non-hydrogen) atoms. The molecule has 0 radical (unpaired) electrons. The van der Waals surface area contributed by atoms with Crippen LogP contribution in [0, 0.1) is 6.92 Å². The van der Waals surface area contributed by atoms with Gasteiger partial charge in [-0.25, -0.2) is 13.2 Å². The van der Waals surface area contributed by atoms with Crippen molar-refractivity contribution < 1.29 is 23.1 Å². The van der Waals surface area contributed by atoms with Crippen molar-refractivity contribution in [2.75, 3.05) is 6.61 Å². The molecular formula is C26H31NO5S. The largest absolute Gasteiger partial charge is 0.512 e. The molecule has 176 valence electrons. The van der Waals surface area contributed by atoms with Gasteiger partial charge in [-0.2, -0.15) is 4.31 Å². The van der Waals surface area contributed by atoms with Gasteiger partial charge < -0.3 is 9.84 Å². The summed E-state index contributed by atoms with van der Waals surface area (Å²) in [5.41, 5.74) is 2.29. The zero-order chi connectivity index (χ0) is 24.2. The standard InChI is InChI=1S/C26H31NO5S/c1-5-10-19(4)22-17-23(28)24(26(29)32-6-2)25(20-11-8-7-9-12-20)27(22)33(30,31)21-15-13-18(3)14-16-21/h7-16,22,25,28H,5-6,17H2,1-4H3/b19-10+/t22-,25-/m0/s1. The molecule has 2 aromatic rings. The number of carbonyl (C=O) groups excluding carboxylic acids is 1. The second kappa shape index (κ2) is 10.4. The molecule has 2 aromatic carbocycles. The quantitative estimate of drug-likeness (QED) is 0.443. The lowest BCUT2D eigenvalue weighted by Crippen LogP contribution is -2.48. The Morgan fingerprint density at radius 2 is 1.76 bits per heavy atom. The van der Waals surface area contributed by atoms with Crippen LogP contribution in [0.2, 0.25) is 0 Å². The first-order valence-electron chi connectivity index (χ1n) is 11.1. The molecule has 0 saturated heterocycles. The predicted molar refractivity (Wildman–Crippen MR) is 128 cm³/mol. The lowest BCUT2D eigenvalue weighted by Gasteiger charge is -2.42. The molecule has 0 spiro atoms. The minimum absolute atomic E-state index is 0.00902. The van der Waals surface area contributed by atoms with Crippen molar-refractivity contribution in [3.05, 3.63) is 88.7 Å². The number of hydrogen-bond donors (Lipinski definition) is 1. The molecule has 1 aliphatic heterocycles. The van der Waals surface area contributed by atoms with Crippen LogP contribution in [-0.2, 0) is 19.6 Å². The molecule has 1 heterocycles. The third-order valence-electron chi connectivity index (χ3n) is 5.79. The molecule has 6 nitrogen and oxygen atoms in total. The predicted octanol–water partition coefficient (Wildman–Crippen LogP) is 5.23. The number of allylic oxidation sites excluding steroid dienone is 1. The number of esters is 1. The van der Waals surface area contributed by atoms with Crippen molar-refractivity contribution in [1.82, 2.24) is 4.31 Å². The van der Waals surface area contributed by atoms with E-state index >= 15 is 0 Å². The SMILES string of the molecule is CC/C=C(\C)[C@@H]1CC(O)=C(C(=O)OCC)[C@H](c2ccccc2)N1S(=O)(=O)c1ccc(C)cc1. The molecule has 0 saturated carbocycles. The molecule has 0 unspecified atom stereocenters. The highest BCUT2D eigenvalue weighted by atomic mass is 32.2. The van der Waals surface area contributed by atoms with Crippen molar-refractivity contribution >= 4 is 16.0 Å². The lowest BCUT2D eigenvalue weighted by molar-refractivity contribution is -0.139. The van der Waals surface area contributed by atoms with Gasteiger partial charge in [0.25, 0.3) is 0 Å². The smallest absolute Gasteiger partial charge is 0.339 e. The monoisotopic (exact) mass is 469 g/mol. The van der Waals surface area contributed by atoms with Gasteiger partial charge in [0.05, 0.1) is 29.2 Å². The van der Waals surface area contributed by atoms with Crippen LogP contribution in [0.25, 0.3) is 0 Å². The van der Waals surface area contributed by atoms with Crippen LogP contribution in [-0.4, -0.2) is 36.4 Å². The molecule has 0 aliphatic carbocycles. The maximum atomic E-state index is 14.1. The van der Waals surface area contributed by atoms with Crippen LogP contribution in [0.5, 0.6) is 0 Å². The number of nitrogens with zero attached hydrogens (tertiary/aromatic N) is 1. The molecular weight excluding hydrogens is 438 g/mol. The van der Waals surface area contributed by atoms with E-state index in [1.807, 2.05) is 32.9 Å². The molecule has 3 rings (SSSR count). The highest BCUT2D eigenvalue weighted by Crippen LogP contribution is 2.44. The summed E-state index contributed by atoms with van der Waals surface area (Å²) in [7, 11) is -4.05. The lowest BCUT2D eigenvalue weighted by atomic mass is 9.88. The normalized spacial score (nSPS) is 20.1. The Morgan fingerprint density at radius 3 is 2.33 bits per heavy atom. The van der Waals surface area contributed by atoms with E-state index < -0.39 is 28.1 Å². The molecule has 2 atom stereocenters. The fourth-order valence-electron chi connectivity index (χ4n) is 4.19. The summed E-state index contributed by atoms with van der Waals surface area (Å²) in [4.78, 5) is 13.1. The van der Waals surface area contributed by atoms with Crippen LogP contribution in [0.3, 0.4) is 0 Å². The van der Waals surface area contributed by atoms with Gasteiger partial charge in [-0.05, 0) is 44.9 Å². The Hall–Kier alpha value is -2.90. The molecule has 0 bridgehead atoms. The van der Waals surface area contributed by atoms with Gasteiger partial charge in [0, 0.05) is 6.42 Å². The van der Waals surface area contributed by atoms with E-state index in [0.717, 1.165) is 11.1 Å². The number of hydrogen-bond acceptors (Lipinski definition) is 5. The van der Waals surface area contributed by atoms with Gasteiger partial charge in [-0.1, -0.05) is 66.6 Å². The van der Waals surface area contributed by atoms with E-state index in [9.17, 15) is 18.3 Å². The highest BCUT2D eigenvalue weighted by molar-refractivity contribution is 7.89. The van der Waals surface area contributed by atoms with Gasteiger partial charge >= 0.3 is 5.97 Å². The zero-order valence-corrected chi connectivity index (χ0v) is 20.3. The van der Waals surface area contributed by atoms with Crippen molar-refractivity contribution in [2.24, 2.45) is 0 Å². The minimum atomic E-state index is -4.05. The fraction of sp³-hybridized carbons (Fsp3) is 0.346. The van der Waals surface area contributed by atoms with Crippen molar-refractivity contribution in [3.8, 4) is 0 Å². The molecule has 1 aliphatic rings. The number of ether oxygens (including phenoxy) is 1. The van der Waals surface area contributed by atoms with Crippen LogP contribution >= 0.6 is 0 Å². The third-order valence-corrected chi connectivity index (χ3v) is 7.68. The summed E-state index contributed by atoms with van der Waals surface area (Å²) < 4.78 is 34.8. The van der Waals surface area contributed by atoms with E-state index in [2.05, 4.69) is 0 Å². The average molecular weight is 470 g/mol. The summed E-state index contributed by atoms with van der Waals surface area (Å²) in [6, 6.07) is 13.9. The zero-order valence-electron chi connectivity index (χ0n) is 19.5. The Morgan fingerprint density at radius 1 is 1.12 bits per heavy atom. The fourth-order valence-corrected chi connectivity index (χ4v) is 6.00. The van der Waals surface area contributed by atoms with Crippen LogP contribution in [0.1, 0.15) is 50.8 Å². The molecule has 1 N–H and O–H groups in total. The van der Waals surface area contributed by atoms with Crippen LogP contribution < -0.4 is 0 Å². The van der Waals surface area contributed by atoms with Crippen LogP contribution in [0.4, 0.5) is 0 Å². The molecule has 0 amide bonds. The van der Waals surface area contributed by atoms with E-state index in [0.29, 0.717) is 12.0 Å². The third kappa shape index (κ3) is 5.04. The van der Waals surface area contributed by atoms with Crippen LogP contribution in [0.15, 0.2) is 82.5 Å². The van der Waals surface area contributed by atoms with E-state index in [-0.39, 0.29) is 29.3 Å². The molecule has 7 heteroatoms. The maximum Gasteiger partial charge on any atom is 0.339 e. The summed E-state index contributed by atoms with van der Waals surface area (Å²) in [6.07, 6.45) is 2.66. The topological polar surface area (TPSA) is 83.9 Å². The van der Waals surface area contributed by atoms with E-state index in [4.69, 9.17) is 4.74 Å². The van der Waals surface area contributed by atoms with Gasteiger partial charge in [0.1, 0.15) is 5.76 Å². The maximum absolute atomic E-state index is 14.1. The number of benzene rings is 2. The van der Waals surface area contributed by atoms with Gasteiger partial charge in [-0.3, -0.25) is 0 Å². The Labute approximate surface area is 196 Å². The summed E-state index contributed by atoms with van der Waals surface area (Å²) in [6.45, 7) is 7.50. The van der Waals surface area contributed by atoms with Gasteiger partial charge in [0.2, 0.25) is 10.0 Å². The van der Waals surface area contributed by atoms with Crippen molar-refractivity contribution in [3.63, 3.8) is 0 Å². The number of aliphatic hydroxyl groups is 1. The van der Waals surface area contributed by atoms with E-state index in [1.54, 1.807) is 55.5 Å². The highest BCUT2D eigenvalue weighted by Gasteiger charge is 2.47. The Kier molecular flexibility index (Phi) is 7.76. The van der Waals surface area contributed by atoms with Gasteiger partial charge in [0.15, 0.2) is 0 Å². The number of rotatable bonds is 7. The summed E-state index contributed by atoms with van der Waals surface area (Å²) in [5, 5.41) is 11.0. The van der Waals surface area contributed by atoms with E-state index in [1.165, 1.54) is 4.31 Å². The number of aliphatic hydroxyl groups excluding tert-OH is 1. The number of sulfonamides is 1. The van der Waals surface area contributed by atoms with Gasteiger partial charge in [-0.15, -0.1) is 0 Å². The number of carbonyl (C=O) groups is 1. The first-order chi connectivity index (χ1) is 15.7. The van der Waals surface area contributed by atoms with Crippen molar-refractivity contribution in [1.29, 1.82) is 0 Å². The number of aryl methyl sites for hydroxylation is 1. The first-order valence-corrected chi connectivity index (χ1v) is 12.6. The molecule has 0 aromatic heterocycles.